The summed E-state index contributed by atoms with van der Waals surface area (Å²) in [6.07, 6.45) is 6.43. The Kier molecular flexibility index (Phi) is 9.94. The lowest BCUT2D eigenvalue weighted by Crippen LogP contribution is -2.28. The molecule has 0 saturated heterocycles. The van der Waals surface area contributed by atoms with E-state index in [9.17, 15) is 0 Å². The van der Waals surface area contributed by atoms with E-state index in [0.29, 0.717) is 0 Å². The van der Waals surface area contributed by atoms with Crippen LogP contribution in [0, 0.1) is 0 Å². The Morgan fingerprint density at radius 2 is 1.54 bits per heavy atom. The molecule has 0 atom stereocenters. The van der Waals surface area contributed by atoms with Gasteiger partial charge in [0.15, 0.2) is 0 Å². The van der Waals surface area contributed by atoms with Crippen molar-refractivity contribution in [3.63, 3.8) is 0 Å². The normalized spacial score (nSPS) is 11.1. The van der Waals surface area contributed by atoms with Crippen LogP contribution in [0.3, 0.4) is 0 Å². The molecule has 0 aliphatic rings. The molecule has 0 aromatic carbocycles. The van der Waals surface area contributed by atoms with Gasteiger partial charge in [0, 0.05) is 0 Å². The molecule has 0 aromatic rings. The summed E-state index contributed by atoms with van der Waals surface area (Å²) in [5.74, 6) is 0. The van der Waals surface area contributed by atoms with Gasteiger partial charge in [0.2, 0.25) is 0 Å². The number of hydrogen-bond donors (Lipinski definition) is 1. The van der Waals surface area contributed by atoms with Crippen LogP contribution >= 0.6 is 0 Å². The highest BCUT2D eigenvalue weighted by Gasteiger charge is 2.01. The molecule has 0 rings (SSSR count). The molecule has 2 nitrogen and oxygen atoms in total. The fraction of sp³-hybridized carbons (Fsp3) is 1.00. The van der Waals surface area contributed by atoms with Gasteiger partial charge < -0.3 is 10.6 Å². The smallest absolute Gasteiger partial charge is 0.000672 e. The van der Waals surface area contributed by atoms with Gasteiger partial charge in [-0.2, -0.15) is 0 Å². The zero-order valence-corrected chi connectivity index (χ0v) is 9.39. The highest BCUT2D eigenvalue weighted by atomic mass is 15.1. The first-order valence-electron chi connectivity index (χ1n) is 5.77. The Hall–Kier alpha value is -0.0800. The molecule has 0 amide bonds. The minimum Gasteiger partial charge on any atom is -0.330 e. The van der Waals surface area contributed by atoms with Gasteiger partial charge >= 0.3 is 0 Å². The van der Waals surface area contributed by atoms with Crippen LogP contribution in [0.4, 0.5) is 0 Å². The lowest BCUT2D eigenvalue weighted by atomic mass is 10.2. The number of unbranched alkanes of at least 4 members (excludes halogenated alkanes) is 2. The molecule has 13 heavy (non-hydrogen) atoms. The molecular formula is C11H26N2. The summed E-state index contributed by atoms with van der Waals surface area (Å²) in [6.45, 7) is 9.02. The Morgan fingerprint density at radius 1 is 0.846 bits per heavy atom. The van der Waals surface area contributed by atoms with Gasteiger partial charge in [0.1, 0.15) is 0 Å². The predicted octanol–water partition coefficient (Wildman–Crippen LogP) is 2.24. The van der Waals surface area contributed by atoms with E-state index in [1.54, 1.807) is 0 Å². The molecule has 0 unspecified atom stereocenters. The van der Waals surface area contributed by atoms with Gasteiger partial charge in [-0.3, -0.25) is 0 Å². The molecule has 80 valence electrons. The predicted molar refractivity (Wildman–Crippen MR) is 59.9 cm³/mol. The van der Waals surface area contributed by atoms with E-state index in [4.69, 9.17) is 5.73 Å². The van der Waals surface area contributed by atoms with Gasteiger partial charge in [-0.25, -0.2) is 0 Å². The van der Waals surface area contributed by atoms with Crippen molar-refractivity contribution >= 4 is 0 Å². The van der Waals surface area contributed by atoms with Crippen molar-refractivity contribution in [2.75, 3.05) is 26.2 Å². The maximum Gasteiger partial charge on any atom is -0.000672 e. The van der Waals surface area contributed by atoms with Crippen LogP contribution in [-0.4, -0.2) is 31.1 Å². The highest BCUT2D eigenvalue weighted by Crippen LogP contribution is 2.00. The second-order valence-corrected chi connectivity index (χ2v) is 3.69. The van der Waals surface area contributed by atoms with Crippen molar-refractivity contribution in [3.05, 3.63) is 0 Å². The molecule has 2 N–H and O–H groups in total. The SMILES string of the molecule is CCCCCN(CCC)CCCN. The maximum absolute atomic E-state index is 5.50. The van der Waals surface area contributed by atoms with E-state index < -0.39 is 0 Å². The number of rotatable bonds is 9. The van der Waals surface area contributed by atoms with Crippen LogP contribution in [0.25, 0.3) is 0 Å². The molecule has 0 aliphatic heterocycles. The maximum atomic E-state index is 5.50. The van der Waals surface area contributed by atoms with Crippen molar-refractivity contribution in [1.29, 1.82) is 0 Å². The Labute approximate surface area is 83.5 Å². The van der Waals surface area contributed by atoms with Gasteiger partial charge in [0.25, 0.3) is 0 Å². The van der Waals surface area contributed by atoms with Crippen molar-refractivity contribution in [2.24, 2.45) is 5.73 Å². The summed E-state index contributed by atoms with van der Waals surface area (Å²) in [5, 5.41) is 0. The van der Waals surface area contributed by atoms with Crippen LogP contribution in [0.2, 0.25) is 0 Å². The Morgan fingerprint density at radius 3 is 2.08 bits per heavy atom. The summed E-state index contributed by atoms with van der Waals surface area (Å²) in [4.78, 5) is 2.54. The van der Waals surface area contributed by atoms with Crippen molar-refractivity contribution in [1.82, 2.24) is 4.90 Å². The average molecular weight is 186 g/mol. The van der Waals surface area contributed by atoms with Crippen LogP contribution in [0.5, 0.6) is 0 Å². The third-order valence-corrected chi connectivity index (χ3v) is 2.30. The van der Waals surface area contributed by atoms with Gasteiger partial charge in [-0.15, -0.1) is 0 Å². The highest BCUT2D eigenvalue weighted by molar-refractivity contribution is 4.57. The first-order valence-corrected chi connectivity index (χ1v) is 5.77. The summed E-state index contributed by atoms with van der Waals surface area (Å²) in [7, 11) is 0. The average Bonchev–Trinajstić information content (AvgIpc) is 2.14. The standard InChI is InChI=1S/C11H26N2/c1-3-5-6-10-13(9-4-2)11-7-8-12/h3-12H2,1-2H3. The van der Waals surface area contributed by atoms with Crippen LogP contribution < -0.4 is 5.73 Å². The van der Waals surface area contributed by atoms with E-state index in [-0.39, 0.29) is 0 Å². The van der Waals surface area contributed by atoms with Gasteiger partial charge in [0.05, 0.1) is 0 Å². The van der Waals surface area contributed by atoms with Gasteiger partial charge in [-0.05, 0) is 45.4 Å². The largest absolute Gasteiger partial charge is 0.330 e. The Bertz CT molecular complexity index is 94.1. The molecule has 0 radical (unpaired) electrons. The summed E-state index contributed by atoms with van der Waals surface area (Å²) in [5.41, 5.74) is 5.50. The molecule has 0 spiro atoms. The molecule has 0 heterocycles. The third kappa shape index (κ3) is 8.26. The molecule has 0 aliphatic carbocycles. The zero-order chi connectivity index (χ0) is 9.94. The summed E-state index contributed by atoms with van der Waals surface area (Å²) < 4.78 is 0. The van der Waals surface area contributed by atoms with E-state index >= 15 is 0 Å². The monoisotopic (exact) mass is 186 g/mol. The zero-order valence-electron chi connectivity index (χ0n) is 9.39. The summed E-state index contributed by atoms with van der Waals surface area (Å²) >= 11 is 0. The van der Waals surface area contributed by atoms with Crippen molar-refractivity contribution in [2.45, 2.75) is 46.0 Å². The summed E-state index contributed by atoms with van der Waals surface area (Å²) in [6, 6.07) is 0. The molecular weight excluding hydrogens is 160 g/mol. The van der Waals surface area contributed by atoms with E-state index in [1.807, 2.05) is 0 Å². The van der Waals surface area contributed by atoms with E-state index in [0.717, 1.165) is 13.0 Å². The number of hydrogen-bond acceptors (Lipinski definition) is 2. The minimum atomic E-state index is 0.827. The van der Waals surface area contributed by atoms with E-state index in [1.165, 1.54) is 45.3 Å². The molecule has 0 bridgehead atoms. The fourth-order valence-electron chi connectivity index (χ4n) is 1.55. The quantitative estimate of drug-likeness (QED) is 0.560. The van der Waals surface area contributed by atoms with Gasteiger partial charge in [-0.1, -0.05) is 26.7 Å². The molecule has 0 saturated carbocycles. The number of nitrogens with zero attached hydrogens (tertiary/aromatic N) is 1. The van der Waals surface area contributed by atoms with Crippen LogP contribution in [0.1, 0.15) is 46.0 Å². The topological polar surface area (TPSA) is 29.3 Å². The third-order valence-electron chi connectivity index (χ3n) is 2.30. The molecule has 0 aromatic heterocycles. The second-order valence-electron chi connectivity index (χ2n) is 3.69. The minimum absolute atomic E-state index is 0.827. The lowest BCUT2D eigenvalue weighted by Gasteiger charge is -2.20. The number of nitrogens with two attached hydrogens (primary N) is 1. The van der Waals surface area contributed by atoms with Crippen molar-refractivity contribution < 1.29 is 0 Å². The van der Waals surface area contributed by atoms with Crippen molar-refractivity contribution in [3.8, 4) is 0 Å². The first-order chi connectivity index (χ1) is 6.35. The lowest BCUT2D eigenvalue weighted by molar-refractivity contribution is 0.266. The Balaban J connectivity index is 3.41. The second kappa shape index (κ2) is 10.0. The van der Waals surface area contributed by atoms with Crippen LogP contribution in [-0.2, 0) is 0 Å². The first kappa shape index (κ1) is 12.9. The molecule has 2 heteroatoms. The fourth-order valence-corrected chi connectivity index (χ4v) is 1.55. The molecule has 0 fully saturated rings. The van der Waals surface area contributed by atoms with Crippen LogP contribution in [0.15, 0.2) is 0 Å². The van der Waals surface area contributed by atoms with E-state index in [2.05, 4.69) is 18.7 Å².